The van der Waals surface area contributed by atoms with Crippen molar-refractivity contribution in [2.75, 3.05) is 18.9 Å². The van der Waals surface area contributed by atoms with Gasteiger partial charge in [0.1, 0.15) is 24.2 Å². The summed E-state index contributed by atoms with van der Waals surface area (Å²) in [7, 11) is -4.00. The Morgan fingerprint density at radius 3 is 2.47 bits per heavy atom. The Kier molecular flexibility index (Phi) is 8.03. The van der Waals surface area contributed by atoms with E-state index in [4.69, 9.17) is 13.7 Å². The third-order valence-corrected chi connectivity index (χ3v) is 13.0. The maximum atomic E-state index is 14.4. The SMILES string of the molecule is C=C1C(=O)[C@]23[C@H](OC(=O)CNC(=O)c4ccccc4C(=O)O)[C@@H]1CC[C@H]2[C@@]12CO[C@]3(O)[C@@H](O)[C@@H]1C(C)(C)CC[C@@H]2OS(=O)(=O)CCC. The van der Waals surface area contributed by atoms with Gasteiger partial charge < -0.3 is 30.1 Å². The van der Waals surface area contributed by atoms with Gasteiger partial charge in [0.05, 0.1) is 29.6 Å². The number of hydrogen-bond donors (Lipinski definition) is 4. The van der Waals surface area contributed by atoms with Crippen LogP contribution < -0.4 is 5.32 Å². The second kappa shape index (κ2) is 11.2. The minimum absolute atomic E-state index is 0.0978. The zero-order chi connectivity index (χ0) is 34.3. The molecule has 0 radical (unpaired) electrons. The van der Waals surface area contributed by atoms with Gasteiger partial charge in [-0.15, -0.1) is 0 Å². The van der Waals surface area contributed by atoms with Crippen LogP contribution >= 0.6 is 0 Å². The molecular formula is C33H41NO12S. The highest BCUT2D eigenvalue weighted by Gasteiger charge is 2.88. The van der Waals surface area contributed by atoms with Crippen molar-refractivity contribution >= 4 is 33.7 Å². The molecule has 9 atom stereocenters. The molecule has 2 heterocycles. The maximum absolute atomic E-state index is 14.4. The summed E-state index contributed by atoms with van der Waals surface area (Å²) in [6.07, 6.45) is -2.28. The van der Waals surface area contributed by atoms with Gasteiger partial charge in [-0.1, -0.05) is 39.5 Å². The third-order valence-electron chi connectivity index (χ3n) is 11.6. The zero-order valence-corrected chi connectivity index (χ0v) is 27.4. The molecule has 2 spiro atoms. The molecule has 4 N–H and O–H groups in total. The number of nitrogens with one attached hydrogen (secondary N) is 1. The van der Waals surface area contributed by atoms with Crippen LogP contribution in [0.2, 0.25) is 0 Å². The quantitative estimate of drug-likeness (QED) is 0.168. The predicted molar refractivity (Wildman–Crippen MR) is 163 cm³/mol. The Labute approximate surface area is 272 Å². The zero-order valence-electron chi connectivity index (χ0n) is 26.6. The van der Waals surface area contributed by atoms with Gasteiger partial charge in [-0.3, -0.25) is 18.6 Å². The van der Waals surface area contributed by atoms with Crippen LogP contribution in [0.25, 0.3) is 0 Å². The molecule has 0 unspecified atom stereocenters. The molecule has 2 aliphatic heterocycles. The van der Waals surface area contributed by atoms with E-state index in [0.29, 0.717) is 32.1 Å². The first-order valence-corrected chi connectivity index (χ1v) is 17.6. The lowest BCUT2D eigenvalue weighted by atomic mass is 9.35. The lowest BCUT2D eigenvalue weighted by molar-refractivity contribution is -0.456. The molecule has 1 aromatic carbocycles. The average Bonchev–Trinajstić information content (AvgIpc) is 3.12. The van der Waals surface area contributed by atoms with E-state index in [1.165, 1.54) is 24.3 Å². The molecule has 1 aromatic rings. The summed E-state index contributed by atoms with van der Waals surface area (Å²) in [4.78, 5) is 52.2. The van der Waals surface area contributed by atoms with Crippen LogP contribution in [-0.4, -0.2) is 90.4 Å². The monoisotopic (exact) mass is 675 g/mol. The summed E-state index contributed by atoms with van der Waals surface area (Å²) < 4.78 is 44.1. The van der Waals surface area contributed by atoms with Crippen molar-refractivity contribution in [1.29, 1.82) is 0 Å². The number of Topliss-reactive ketones (excluding diaryl/α,β-unsaturated/α-hetero) is 1. The molecule has 7 rings (SSSR count). The van der Waals surface area contributed by atoms with Gasteiger partial charge in [0.15, 0.2) is 5.78 Å². The number of benzene rings is 1. The van der Waals surface area contributed by atoms with Gasteiger partial charge in [0, 0.05) is 17.3 Å². The van der Waals surface area contributed by atoms with E-state index >= 15 is 0 Å². The molecule has 1 amide bonds. The molecule has 0 aromatic heterocycles. The standard InChI is InChI=1S/C33H41NO12S/c1-5-14-47(42,43)46-22-12-13-30(3,4)24-26(37)33(41)32-21(31(22,24)16-44-33)11-10-18(17(2)25(32)36)27(32)45-23(35)15-34-28(38)19-8-6-7-9-20(19)29(39)40/h6-9,18,21-22,24,26-27,37,41H,2,5,10-16H2,1,3-4H3,(H,34,38)(H,39,40)/t18-,21+,22+,24-,26+,27-,31-,32+,33-/m1/s1. The van der Waals surface area contributed by atoms with Crippen LogP contribution in [0.1, 0.15) is 73.6 Å². The van der Waals surface area contributed by atoms with Gasteiger partial charge in [-0.25, -0.2) is 4.79 Å². The average molecular weight is 676 g/mol. The number of amides is 1. The van der Waals surface area contributed by atoms with Crippen LogP contribution in [0, 0.1) is 34.0 Å². The van der Waals surface area contributed by atoms with Gasteiger partial charge in [0.25, 0.3) is 16.0 Å². The van der Waals surface area contributed by atoms with E-state index in [-0.39, 0.29) is 29.1 Å². The highest BCUT2D eigenvalue weighted by Crippen LogP contribution is 2.77. The molecule has 2 saturated heterocycles. The lowest BCUT2D eigenvalue weighted by Gasteiger charge is -2.74. The fourth-order valence-corrected chi connectivity index (χ4v) is 11.2. The highest BCUT2D eigenvalue weighted by atomic mass is 32.2. The largest absolute Gasteiger partial charge is 0.478 e. The Morgan fingerprint density at radius 2 is 1.81 bits per heavy atom. The number of ketones is 1. The van der Waals surface area contributed by atoms with Crippen molar-refractivity contribution in [1.82, 2.24) is 5.32 Å². The summed E-state index contributed by atoms with van der Waals surface area (Å²) in [5.41, 5.74) is -4.23. The minimum atomic E-state index is -4.00. The number of carboxylic acids is 1. The number of hydrogen-bond acceptors (Lipinski definition) is 11. The lowest BCUT2D eigenvalue weighted by Crippen LogP contribution is -2.86. The number of esters is 1. The predicted octanol–water partition coefficient (Wildman–Crippen LogP) is 1.82. The number of aliphatic hydroxyl groups excluding tert-OH is 1. The molecule has 13 nitrogen and oxygen atoms in total. The van der Waals surface area contributed by atoms with Crippen molar-refractivity contribution in [2.24, 2.45) is 34.0 Å². The maximum Gasteiger partial charge on any atom is 0.336 e. The van der Waals surface area contributed by atoms with Crippen molar-refractivity contribution in [3.63, 3.8) is 0 Å². The summed E-state index contributed by atoms with van der Waals surface area (Å²) >= 11 is 0. The molecule has 6 aliphatic rings. The molecule has 4 saturated carbocycles. The van der Waals surface area contributed by atoms with Crippen LogP contribution in [0.4, 0.5) is 0 Å². The Hall–Kier alpha value is -3.17. The first-order chi connectivity index (χ1) is 22.0. The molecule has 4 aliphatic carbocycles. The Morgan fingerprint density at radius 1 is 1.13 bits per heavy atom. The fraction of sp³-hybridized carbons (Fsp3) is 0.636. The number of carboxylic acid groups (broad SMARTS) is 1. The van der Waals surface area contributed by atoms with E-state index in [1.54, 1.807) is 6.92 Å². The summed E-state index contributed by atoms with van der Waals surface area (Å²) in [5.74, 6) is -8.78. The molecule has 14 heteroatoms. The van der Waals surface area contributed by atoms with E-state index in [0.717, 1.165) is 0 Å². The van der Waals surface area contributed by atoms with Crippen molar-refractivity contribution in [3.05, 3.63) is 47.5 Å². The normalized spacial score (nSPS) is 38.3. The van der Waals surface area contributed by atoms with Crippen molar-refractivity contribution in [2.45, 2.75) is 77.0 Å². The third kappa shape index (κ3) is 4.58. The topological polar surface area (TPSA) is 203 Å². The molecule has 47 heavy (non-hydrogen) atoms. The number of fused-ring (bicyclic) bond motifs is 2. The summed E-state index contributed by atoms with van der Waals surface area (Å²) in [5, 5.41) is 36.3. The molecule has 6 fully saturated rings. The summed E-state index contributed by atoms with van der Waals surface area (Å²) in [6.45, 7) is 8.69. The number of carbonyl (C=O) groups excluding carboxylic acids is 3. The number of aliphatic hydroxyl groups is 2. The second-order valence-electron chi connectivity index (χ2n) is 14.3. The van der Waals surface area contributed by atoms with Crippen LogP contribution in [-0.2, 0) is 33.4 Å². The van der Waals surface area contributed by atoms with Gasteiger partial charge >= 0.3 is 11.9 Å². The van der Waals surface area contributed by atoms with Crippen LogP contribution in [0.5, 0.6) is 0 Å². The first-order valence-electron chi connectivity index (χ1n) is 16.0. The van der Waals surface area contributed by atoms with Crippen LogP contribution in [0.3, 0.4) is 0 Å². The van der Waals surface area contributed by atoms with Gasteiger partial charge in [-0.2, -0.15) is 8.42 Å². The molecule has 4 bridgehead atoms. The number of aromatic carboxylic acids is 1. The number of ether oxygens (including phenoxy) is 2. The van der Waals surface area contributed by atoms with E-state index in [1.807, 2.05) is 13.8 Å². The van der Waals surface area contributed by atoms with Gasteiger partial charge in [0.2, 0.25) is 5.79 Å². The Bertz CT molecular complexity index is 1660. The number of rotatable bonds is 9. The Balaban J connectivity index is 1.38. The minimum Gasteiger partial charge on any atom is -0.478 e. The van der Waals surface area contributed by atoms with E-state index in [9.17, 15) is 42.9 Å². The smallest absolute Gasteiger partial charge is 0.336 e. The molecular weight excluding hydrogens is 634 g/mol. The fourth-order valence-electron chi connectivity index (χ4n) is 9.93. The van der Waals surface area contributed by atoms with Crippen molar-refractivity contribution < 1.29 is 56.6 Å². The first kappa shape index (κ1) is 33.7. The summed E-state index contributed by atoms with van der Waals surface area (Å²) in [6, 6.07) is 5.48. The van der Waals surface area contributed by atoms with Crippen LogP contribution in [0.15, 0.2) is 36.4 Å². The second-order valence-corrected chi connectivity index (χ2v) is 16.0. The molecule has 256 valence electrons. The van der Waals surface area contributed by atoms with Crippen molar-refractivity contribution in [3.8, 4) is 0 Å². The van der Waals surface area contributed by atoms with E-state index < -0.39 is 98.4 Å². The highest BCUT2D eigenvalue weighted by molar-refractivity contribution is 7.86. The number of carbonyl (C=O) groups is 4. The van der Waals surface area contributed by atoms with E-state index in [2.05, 4.69) is 11.9 Å². The van der Waals surface area contributed by atoms with Gasteiger partial charge in [-0.05, 0) is 61.1 Å².